The number of benzene rings is 2. The lowest BCUT2D eigenvalue weighted by Crippen LogP contribution is -2.05. The van der Waals surface area contributed by atoms with Crippen LogP contribution in [0.4, 0.5) is 13.2 Å². The van der Waals surface area contributed by atoms with Gasteiger partial charge >= 0.3 is 6.18 Å². The molecule has 8 heteroatoms. The summed E-state index contributed by atoms with van der Waals surface area (Å²) in [6, 6.07) is 8.10. The van der Waals surface area contributed by atoms with Crippen molar-refractivity contribution in [3.8, 4) is 11.5 Å². The van der Waals surface area contributed by atoms with Crippen molar-refractivity contribution in [3.05, 3.63) is 52.5 Å². The lowest BCUT2D eigenvalue weighted by atomic mass is 10.2. The van der Waals surface area contributed by atoms with Crippen LogP contribution in [-0.4, -0.2) is 10.4 Å². The number of alkyl halides is 3. The zero-order chi connectivity index (χ0) is 18.8. The zero-order valence-corrected chi connectivity index (χ0v) is 15.7. The van der Waals surface area contributed by atoms with Gasteiger partial charge in [0, 0.05) is 4.90 Å². The first kappa shape index (κ1) is 20.0. The predicted molar refractivity (Wildman–Crippen MR) is 97.0 cm³/mol. The molecular formula is C17H14ClF3O2S2. The highest BCUT2D eigenvalue weighted by Crippen LogP contribution is 2.38. The van der Waals surface area contributed by atoms with Crippen LogP contribution in [0.25, 0.3) is 0 Å². The van der Waals surface area contributed by atoms with Gasteiger partial charge in [-0.15, -0.1) is 24.4 Å². The van der Waals surface area contributed by atoms with Crippen LogP contribution in [0.5, 0.6) is 11.5 Å². The van der Waals surface area contributed by atoms with Gasteiger partial charge < -0.3 is 4.74 Å². The molecule has 2 nitrogen and oxygen atoms in total. The molecule has 0 aliphatic rings. The third kappa shape index (κ3) is 5.33. The maximum atomic E-state index is 12.7. The molecule has 0 N–H and O–H groups in total. The summed E-state index contributed by atoms with van der Waals surface area (Å²) in [5.74, 6) is 0.529. The van der Waals surface area contributed by atoms with Crippen LogP contribution in [0.1, 0.15) is 18.1 Å². The summed E-state index contributed by atoms with van der Waals surface area (Å²) < 4.78 is 43.6. The number of thiol groups is 1. The SMILES string of the molecule is Cc1ccc(Oc2ccc(C(F)(F)F)cc2Cl)cc1SC(C)C(=O)S. The van der Waals surface area contributed by atoms with Gasteiger partial charge in [-0.2, -0.15) is 13.2 Å². The summed E-state index contributed by atoms with van der Waals surface area (Å²) in [5.41, 5.74) is 0.100. The van der Waals surface area contributed by atoms with Crippen LogP contribution in [-0.2, 0) is 11.0 Å². The Kier molecular flexibility index (Phi) is 6.35. The van der Waals surface area contributed by atoms with Gasteiger partial charge in [-0.3, -0.25) is 4.79 Å². The van der Waals surface area contributed by atoms with E-state index in [1.54, 1.807) is 25.1 Å². The quantitative estimate of drug-likeness (QED) is 0.460. The molecule has 25 heavy (non-hydrogen) atoms. The molecule has 0 spiro atoms. The van der Waals surface area contributed by atoms with Crippen molar-refractivity contribution in [2.75, 3.05) is 0 Å². The normalized spacial score (nSPS) is 12.8. The fourth-order valence-corrected chi connectivity index (χ4v) is 3.20. The standard InChI is InChI=1S/C17H14ClF3O2S2/c1-9-3-5-12(8-15(9)25-10(2)16(22)24)23-14-6-4-11(7-13(14)18)17(19,20)21/h3-8,10H,1-2H3,(H,22,24). The molecule has 0 aromatic heterocycles. The molecule has 134 valence electrons. The molecule has 1 atom stereocenters. The minimum atomic E-state index is -4.47. The zero-order valence-electron chi connectivity index (χ0n) is 13.2. The van der Waals surface area contributed by atoms with Crippen LogP contribution >= 0.6 is 36.0 Å². The summed E-state index contributed by atoms with van der Waals surface area (Å²) in [6.45, 7) is 3.62. The van der Waals surface area contributed by atoms with E-state index in [1.807, 2.05) is 6.92 Å². The highest BCUT2D eigenvalue weighted by molar-refractivity contribution is 8.05. The summed E-state index contributed by atoms with van der Waals surface area (Å²) in [6.07, 6.45) is -4.47. The summed E-state index contributed by atoms with van der Waals surface area (Å²) in [4.78, 5) is 12.1. The second kappa shape index (κ2) is 7.93. The first-order valence-electron chi connectivity index (χ1n) is 7.12. The van der Waals surface area contributed by atoms with E-state index in [9.17, 15) is 18.0 Å². The van der Waals surface area contributed by atoms with Crippen LogP contribution in [0.15, 0.2) is 41.3 Å². The minimum absolute atomic E-state index is 0.118. The first-order valence-corrected chi connectivity index (χ1v) is 8.83. The molecule has 0 fully saturated rings. The average molecular weight is 407 g/mol. The van der Waals surface area contributed by atoms with Crippen LogP contribution < -0.4 is 4.74 Å². The van der Waals surface area contributed by atoms with Gasteiger partial charge in [-0.05, 0) is 49.7 Å². The number of hydrogen-bond donors (Lipinski definition) is 1. The summed E-state index contributed by atoms with van der Waals surface area (Å²) in [5, 5.41) is -0.725. The number of carbonyl (C=O) groups is 1. The molecule has 2 aromatic rings. The van der Waals surface area contributed by atoms with Crippen molar-refractivity contribution in [2.45, 2.75) is 30.2 Å². The van der Waals surface area contributed by atoms with E-state index in [1.165, 1.54) is 17.8 Å². The van der Waals surface area contributed by atoms with Crippen LogP contribution in [0.2, 0.25) is 5.02 Å². The number of thioether (sulfide) groups is 1. The Labute approximate surface area is 158 Å². The molecule has 0 bridgehead atoms. The van der Waals surface area contributed by atoms with Gasteiger partial charge in [0.2, 0.25) is 0 Å². The third-order valence-electron chi connectivity index (χ3n) is 3.30. The van der Waals surface area contributed by atoms with E-state index in [4.69, 9.17) is 16.3 Å². The van der Waals surface area contributed by atoms with Crippen molar-refractivity contribution in [1.82, 2.24) is 0 Å². The largest absolute Gasteiger partial charge is 0.456 e. The monoisotopic (exact) mass is 406 g/mol. The van der Waals surface area contributed by atoms with Crippen LogP contribution in [0, 0.1) is 6.92 Å². The molecule has 0 aliphatic carbocycles. The molecule has 2 aromatic carbocycles. The number of aryl methyl sites for hydroxylation is 1. The Bertz CT molecular complexity index is 794. The molecule has 0 amide bonds. The number of ether oxygens (including phenoxy) is 1. The van der Waals surface area contributed by atoms with Crippen molar-refractivity contribution in [2.24, 2.45) is 0 Å². The molecule has 2 rings (SSSR count). The van der Waals surface area contributed by atoms with Crippen molar-refractivity contribution >= 4 is 41.1 Å². The molecule has 0 saturated carbocycles. The number of hydrogen-bond acceptors (Lipinski definition) is 3. The first-order chi connectivity index (χ1) is 11.6. The van der Waals surface area contributed by atoms with E-state index >= 15 is 0 Å². The Morgan fingerprint density at radius 3 is 2.48 bits per heavy atom. The fourth-order valence-electron chi connectivity index (χ4n) is 1.90. The van der Waals surface area contributed by atoms with Gasteiger partial charge in [-0.1, -0.05) is 17.7 Å². The average Bonchev–Trinajstić information content (AvgIpc) is 2.51. The Morgan fingerprint density at radius 2 is 1.92 bits per heavy atom. The molecule has 0 saturated heterocycles. The summed E-state index contributed by atoms with van der Waals surface area (Å²) in [7, 11) is 0. The second-order valence-electron chi connectivity index (χ2n) is 5.27. The van der Waals surface area contributed by atoms with Gasteiger partial charge in [0.1, 0.15) is 11.5 Å². The minimum Gasteiger partial charge on any atom is -0.456 e. The van der Waals surface area contributed by atoms with E-state index < -0.39 is 11.7 Å². The van der Waals surface area contributed by atoms with Gasteiger partial charge in [0.15, 0.2) is 5.12 Å². The fraction of sp³-hybridized carbons (Fsp3) is 0.235. The highest BCUT2D eigenvalue weighted by atomic mass is 35.5. The number of carbonyl (C=O) groups excluding carboxylic acids is 1. The number of halogens is 4. The van der Waals surface area contributed by atoms with E-state index in [2.05, 4.69) is 12.6 Å². The van der Waals surface area contributed by atoms with Crippen molar-refractivity contribution in [1.29, 1.82) is 0 Å². The molecular weight excluding hydrogens is 393 g/mol. The highest BCUT2D eigenvalue weighted by Gasteiger charge is 2.31. The van der Waals surface area contributed by atoms with E-state index in [0.717, 1.165) is 22.6 Å². The maximum absolute atomic E-state index is 12.7. The third-order valence-corrected chi connectivity index (χ3v) is 5.42. The smallest absolute Gasteiger partial charge is 0.416 e. The van der Waals surface area contributed by atoms with Crippen molar-refractivity contribution < 1.29 is 22.7 Å². The molecule has 0 radical (unpaired) electrons. The Hall–Kier alpha value is -1.31. The van der Waals surface area contributed by atoms with Crippen LogP contribution in [0.3, 0.4) is 0 Å². The maximum Gasteiger partial charge on any atom is 0.416 e. The molecule has 1 unspecified atom stereocenters. The van der Waals surface area contributed by atoms with E-state index in [0.29, 0.717) is 5.75 Å². The lowest BCUT2D eigenvalue weighted by molar-refractivity contribution is -0.137. The predicted octanol–water partition coefficient (Wildman–Crippen LogP) is 6.40. The second-order valence-corrected chi connectivity index (χ2v) is 7.50. The topological polar surface area (TPSA) is 26.3 Å². The van der Waals surface area contributed by atoms with Gasteiger partial charge in [0.05, 0.1) is 15.8 Å². The number of rotatable bonds is 5. The Morgan fingerprint density at radius 1 is 1.24 bits per heavy atom. The summed E-state index contributed by atoms with van der Waals surface area (Å²) >= 11 is 11.0. The van der Waals surface area contributed by atoms with Gasteiger partial charge in [-0.25, -0.2) is 0 Å². The van der Waals surface area contributed by atoms with Crippen molar-refractivity contribution in [3.63, 3.8) is 0 Å². The Balaban J connectivity index is 2.25. The molecule has 0 aliphatic heterocycles. The molecule has 0 heterocycles. The lowest BCUT2D eigenvalue weighted by Gasteiger charge is -2.14. The van der Waals surface area contributed by atoms with E-state index in [-0.39, 0.29) is 21.1 Å². The van der Waals surface area contributed by atoms with Gasteiger partial charge in [0.25, 0.3) is 0 Å².